The molecule has 13 heavy (non-hydrogen) atoms. The monoisotopic (exact) mass is 150 g/mol. The average Bonchev–Trinajstić information content (AvgIpc) is 2.16. The molecule has 0 bridgehead atoms. The molecule has 0 fully saturated rings. The van der Waals surface area contributed by atoms with Crippen molar-refractivity contribution in [1.82, 2.24) is 0 Å². The van der Waals surface area contributed by atoms with Gasteiger partial charge in [0.05, 0.1) is 0 Å². The number of hydrogen-bond donors (Lipinski definition) is 0. The van der Waals surface area contributed by atoms with Gasteiger partial charge in [0.15, 0.2) is 0 Å². The minimum absolute atomic E-state index is 1.08. The van der Waals surface area contributed by atoms with Gasteiger partial charge >= 0.3 is 88.0 Å². The minimum atomic E-state index is 1.08. The van der Waals surface area contributed by atoms with E-state index in [1.54, 1.807) is 6.69 Å². The SMILES string of the molecule is [B]B=BB=BB=BB=BB=BCC. The van der Waals surface area contributed by atoms with Crippen LogP contribution in [0.1, 0.15) is 6.92 Å². The second-order valence-electron chi connectivity index (χ2n) is 2.38. The van der Waals surface area contributed by atoms with Gasteiger partial charge in [0.1, 0.15) is 0 Å². The second kappa shape index (κ2) is 12.7. The summed E-state index contributed by atoms with van der Waals surface area (Å²) in [5.74, 6) is 0. The molecule has 0 atom stereocenters. The maximum absolute atomic E-state index is 5.15. The van der Waals surface area contributed by atoms with Crippen molar-refractivity contribution in [2.24, 2.45) is 0 Å². The van der Waals surface area contributed by atoms with E-state index in [0.29, 0.717) is 0 Å². The summed E-state index contributed by atoms with van der Waals surface area (Å²) >= 11 is 0. The third-order valence-electron chi connectivity index (χ3n) is 1.26. The predicted octanol–water partition coefficient (Wildman–Crippen LogP) is -3.21. The van der Waals surface area contributed by atoms with Gasteiger partial charge in [-0.05, 0) is 0 Å². The van der Waals surface area contributed by atoms with Crippen molar-refractivity contribution in [3.63, 3.8) is 0 Å². The van der Waals surface area contributed by atoms with Gasteiger partial charge in [0.25, 0.3) is 0 Å². The third-order valence-corrected chi connectivity index (χ3v) is 1.26. The molecule has 0 aromatic rings. The van der Waals surface area contributed by atoms with E-state index in [9.17, 15) is 0 Å². The van der Waals surface area contributed by atoms with Gasteiger partial charge in [0, 0.05) is 0 Å². The van der Waals surface area contributed by atoms with Crippen LogP contribution in [0.4, 0.5) is 0 Å². The molecule has 0 aliphatic carbocycles. The summed E-state index contributed by atoms with van der Waals surface area (Å²) in [6.45, 7) is 21.3. The zero-order chi connectivity index (χ0) is 9.78. The topological polar surface area (TPSA) is 0 Å². The molecule has 46 valence electrons. The summed E-state index contributed by atoms with van der Waals surface area (Å²) in [4.78, 5) is 0. The van der Waals surface area contributed by atoms with Crippen LogP contribution in [-0.4, -0.2) is 74.8 Å². The van der Waals surface area contributed by atoms with Gasteiger partial charge < -0.3 is 0 Å². The molecule has 0 aromatic carbocycles. The van der Waals surface area contributed by atoms with Gasteiger partial charge in [-0.25, -0.2) is 0 Å². The molecule has 11 heteroatoms. The maximum atomic E-state index is 5.15. The molecular weight excluding hydrogens is 143 g/mol. The molecule has 0 aromatic heterocycles. The molecule has 0 spiro atoms. The first-order valence-electron chi connectivity index (χ1n) is 4.45. The van der Waals surface area contributed by atoms with Crippen LogP contribution in [0.25, 0.3) is 0 Å². The van der Waals surface area contributed by atoms with E-state index >= 15 is 0 Å². The number of hydrogen-bond acceptors (Lipinski definition) is 0. The molecule has 0 rings (SSSR count). The molecule has 0 N–H and O–H groups in total. The zero-order valence-electron chi connectivity index (χ0n) is 8.06. The quantitative estimate of drug-likeness (QED) is 0.360. The van der Waals surface area contributed by atoms with Gasteiger partial charge in [-0.1, -0.05) is 0 Å². The Morgan fingerprint density at radius 1 is 0.769 bits per heavy atom. The summed E-state index contributed by atoms with van der Waals surface area (Å²) in [5.41, 5.74) is 0. The van der Waals surface area contributed by atoms with Crippen molar-refractivity contribution in [1.29, 1.82) is 0 Å². The molecule has 0 saturated carbocycles. The summed E-state index contributed by atoms with van der Waals surface area (Å²) in [7, 11) is 5.15. The second-order valence-corrected chi connectivity index (χ2v) is 2.38. The molecule has 0 unspecified atom stereocenters. The van der Waals surface area contributed by atoms with E-state index in [1.807, 2.05) is 46.8 Å². The molecule has 0 amide bonds. The first-order chi connectivity index (χ1) is 6.41. The van der Waals surface area contributed by atoms with Crippen LogP contribution in [0.2, 0.25) is 6.32 Å². The van der Waals surface area contributed by atoms with E-state index in [2.05, 4.69) is 13.7 Å². The summed E-state index contributed by atoms with van der Waals surface area (Å²) in [6.07, 6.45) is 1.08. The van der Waals surface area contributed by atoms with E-state index in [1.165, 1.54) is 6.69 Å². The first kappa shape index (κ1) is 13.7. The molecule has 0 heterocycles. The van der Waals surface area contributed by atoms with Crippen molar-refractivity contribution < 1.29 is 0 Å². The molecular formula is C2H5B11. The molecule has 0 nitrogen and oxygen atoms in total. The Kier molecular flexibility index (Phi) is 13.4. The van der Waals surface area contributed by atoms with Crippen LogP contribution in [0.5, 0.6) is 0 Å². The van der Waals surface area contributed by atoms with Crippen molar-refractivity contribution in [3.05, 3.63) is 0 Å². The van der Waals surface area contributed by atoms with Crippen molar-refractivity contribution in [3.8, 4) is 0 Å². The van der Waals surface area contributed by atoms with Gasteiger partial charge in [-0.3, -0.25) is 0 Å². The van der Waals surface area contributed by atoms with Gasteiger partial charge in [-0.15, -0.1) is 0 Å². The van der Waals surface area contributed by atoms with Crippen LogP contribution in [0.3, 0.4) is 0 Å². The van der Waals surface area contributed by atoms with Crippen LogP contribution in [0.15, 0.2) is 0 Å². The predicted molar refractivity (Wildman–Crippen MR) is 73.8 cm³/mol. The molecule has 0 aliphatic rings. The Hall–Kier alpha value is 0.714. The fourth-order valence-electron chi connectivity index (χ4n) is 0.664. The van der Waals surface area contributed by atoms with Crippen LogP contribution < -0.4 is 0 Å². The van der Waals surface area contributed by atoms with E-state index in [-0.39, 0.29) is 0 Å². The fraction of sp³-hybridized carbons (Fsp3) is 1.00. The Bertz CT molecular complexity index is 232. The Morgan fingerprint density at radius 2 is 1.23 bits per heavy atom. The van der Waals surface area contributed by atoms with E-state index in [0.717, 1.165) is 6.32 Å². The van der Waals surface area contributed by atoms with E-state index < -0.39 is 0 Å². The fourth-order valence-corrected chi connectivity index (χ4v) is 0.664. The Morgan fingerprint density at radius 3 is 1.69 bits per heavy atom. The number of rotatable bonds is 5. The zero-order valence-corrected chi connectivity index (χ0v) is 8.06. The van der Waals surface area contributed by atoms with Gasteiger partial charge in [0.2, 0.25) is 0 Å². The van der Waals surface area contributed by atoms with Crippen LogP contribution >= 0.6 is 0 Å². The normalized spacial score (nSPS) is 7.46. The van der Waals surface area contributed by atoms with Crippen molar-refractivity contribution in [2.75, 3.05) is 0 Å². The van der Waals surface area contributed by atoms with Crippen molar-refractivity contribution >= 4 is 74.8 Å². The molecule has 0 aliphatic heterocycles. The average molecular weight is 148 g/mol. The van der Waals surface area contributed by atoms with Gasteiger partial charge in [-0.2, -0.15) is 0 Å². The summed E-state index contributed by atoms with van der Waals surface area (Å²) in [6, 6.07) is 0. The molecule has 0 saturated heterocycles. The third kappa shape index (κ3) is 12.7. The Balaban J connectivity index is 3.62. The summed E-state index contributed by atoms with van der Waals surface area (Å²) < 4.78 is 0. The Labute approximate surface area is 88.3 Å². The van der Waals surface area contributed by atoms with Crippen LogP contribution in [-0.2, 0) is 0 Å². The standard InChI is InChI=1S/C2H5B11/c1-2-4-6-8-10-12-13-11-9-7-5-3/h2H2,1H3. The van der Waals surface area contributed by atoms with Crippen molar-refractivity contribution in [2.45, 2.75) is 13.2 Å². The molecule has 2 radical (unpaired) electrons. The van der Waals surface area contributed by atoms with Crippen LogP contribution in [0, 0.1) is 0 Å². The van der Waals surface area contributed by atoms with E-state index in [4.69, 9.17) is 7.74 Å². The first-order valence-corrected chi connectivity index (χ1v) is 4.45. The summed E-state index contributed by atoms with van der Waals surface area (Å²) in [5, 5.41) is 0.